The molecule has 0 rings (SSSR count). The minimum absolute atomic E-state index is 0.0747. The Balaban J connectivity index is 4.53. The van der Waals surface area contributed by atoms with Gasteiger partial charge in [0.05, 0.1) is 0 Å². The predicted octanol–water partition coefficient (Wildman–Crippen LogP) is 1.25. The van der Waals surface area contributed by atoms with E-state index in [0.29, 0.717) is 5.47 Å². The van der Waals surface area contributed by atoms with Crippen LogP contribution in [-0.4, -0.2) is 29.8 Å². The van der Waals surface area contributed by atoms with Gasteiger partial charge in [0.15, 0.2) is 0 Å². The lowest BCUT2D eigenvalue weighted by atomic mass is 9.71. The van der Waals surface area contributed by atoms with E-state index < -0.39 is 7.05 Å². The van der Waals surface area contributed by atoms with Gasteiger partial charge in [-0.3, -0.25) is 4.79 Å². The van der Waals surface area contributed by atoms with E-state index in [4.69, 9.17) is 0 Å². The smallest absolute Gasteiger partial charge is 0.429 e. The number of hydrogen-bond donors (Lipinski definition) is 1. The summed E-state index contributed by atoms with van der Waals surface area (Å²) in [4.78, 5) is 12.8. The minimum atomic E-state index is -0.858. The van der Waals surface area contributed by atoms with E-state index in [0.717, 1.165) is 0 Å². The van der Waals surface area contributed by atoms with Crippen LogP contribution in [0.15, 0.2) is 24.2 Å². The summed E-state index contributed by atoms with van der Waals surface area (Å²) in [5.74, 6) is -0.180. The fraction of sp³-hybridized carbons (Fsp3) is 0.500. The van der Waals surface area contributed by atoms with Crippen LogP contribution in [0.2, 0.25) is 0 Å². The highest BCUT2D eigenvalue weighted by atomic mass is 16.2. The van der Waals surface area contributed by atoms with Gasteiger partial charge in [-0.15, -0.1) is 0 Å². The lowest BCUT2D eigenvalue weighted by Crippen LogP contribution is -2.44. The zero-order valence-corrected chi connectivity index (χ0v) is 9.32. The molecule has 0 heterocycles. The standard InChI is InChI=1S/C10H18BNO2/c1-6-7-9(4)11(14)12(5)10(13)8(2)3/h6-8,14H,1H2,2-5H3/b9-7+. The Bertz CT molecular complexity index is 249. The van der Waals surface area contributed by atoms with E-state index in [1.54, 1.807) is 40.0 Å². The predicted molar refractivity (Wildman–Crippen MR) is 59.5 cm³/mol. The van der Waals surface area contributed by atoms with Crippen molar-refractivity contribution in [2.24, 2.45) is 5.92 Å². The molecular weight excluding hydrogens is 177 g/mol. The third-order valence-electron chi connectivity index (χ3n) is 2.00. The summed E-state index contributed by atoms with van der Waals surface area (Å²) in [5.41, 5.74) is 0.705. The largest absolute Gasteiger partial charge is 0.446 e. The second kappa shape index (κ2) is 5.65. The molecule has 0 aliphatic carbocycles. The van der Waals surface area contributed by atoms with Gasteiger partial charge in [-0.05, 0) is 14.0 Å². The van der Waals surface area contributed by atoms with Crippen molar-refractivity contribution in [3.8, 4) is 0 Å². The Labute approximate surface area is 86.2 Å². The van der Waals surface area contributed by atoms with E-state index in [1.807, 2.05) is 0 Å². The summed E-state index contributed by atoms with van der Waals surface area (Å²) in [7, 11) is 0.732. The molecule has 0 aliphatic heterocycles. The molecule has 0 atom stereocenters. The summed E-state index contributed by atoms with van der Waals surface area (Å²) in [6.45, 7) is 8.90. The van der Waals surface area contributed by atoms with Crippen LogP contribution >= 0.6 is 0 Å². The van der Waals surface area contributed by atoms with Crippen LogP contribution in [0.25, 0.3) is 0 Å². The lowest BCUT2D eigenvalue weighted by molar-refractivity contribution is -0.129. The van der Waals surface area contributed by atoms with Gasteiger partial charge in [-0.25, -0.2) is 0 Å². The molecule has 0 unspecified atom stereocenters. The quantitative estimate of drug-likeness (QED) is 0.541. The van der Waals surface area contributed by atoms with Gasteiger partial charge in [0.1, 0.15) is 0 Å². The summed E-state index contributed by atoms with van der Waals surface area (Å²) in [6.07, 6.45) is 3.28. The third-order valence-corrected chi connectivity index (χ3v) is 2.00. The van der Waals surface area contributed by atoms with Crippen molar-refractivity contribution < 1.29 is 9.82 Å². The van der Waals surface area contributed by atoms with E-state index in [-0.39, 0.29) is 11.8 Å². The number of nitrogens with zero attached hydrogens (tertiary/aromatic N) is 1. The lowest BCUT2D eigenvalue weighted by Gasteiger charge is -2.22. The summed E-state index contributed by atoms with van der Waals surface area (Å²) in [5, 5.41) is 9.73. The molecule has 3 nitrogen and oxygen atoms in total. The molecule has 78 valence electrons. The Morgan fingerprint density at radius 3 is 2.43 bits per heavy atom. The monoisotopic (exact) mass is 195 g/mol. The van der Waals surface area contributed by atoms with Gasteiger partial charge in [-0.1, -0.05) is 38.1 Å². The molecule has 0 saturated carbocycles. The molecule has 0 aromatic rings. The Morgan fingerprint density at radius 2 is 2.07 bits per heavy atom. The molecule has 0 radical (unpaired) electrons. The van der Waals surface area contributed by atoms with Crippen molar-refractivity contribution in [3.63, 3.8) is 0 Å². The van der Waals surface area contributed by atoms with Crippen molar-refractivity contribution in [1.82, 2.24) is 4.81 Å². The number of rotatable bonds is 4. The Hall–Kier alpha value is -1.03. The average Bonchev–Trinajstić information content (AvgIpc) is 2.14. The first-order valence-corrected chi connectivity index (χ1v) is 4.65. The maximum atomic E-state index is 11.5. The van der Waals surface area contributed by atoms with Gasteiger partial charge < -0.3 is 9.83 Å². The van der Waals surface area contributed by atoms with Crippen molar-refractivity contribution >= 4 is 13.0 Å². The summed E-state index contributed by atoms with van der Waals surface area (Å²) in [6, 6.07) is 0. The van der Waals surface area contributed by atoms with Crippen LogP contribution in [0.4, 0.5) is 0 Å². The van der Waals surface area contributed by atoms with Crippen LogP contribution < -0.4 is 0 Å². The van der Waals surface area contributed by atoms with Gasteiger partial charge in [0.2, 0.25) is 5.91 Å². The number of allylic oxidation sites excluding steroid dienone is 3. The van der Waals surface area contributed by atoms with E-state index in [1.165, 1.54) is 4.81 Å². The molecular formula is C10H18BNO2. The molecule has 0 spiro atoms. The van der Waals surface area contributed by atoms with Gasteiger partial charge in [-0.2, -0.15) is 0 Å². The summed E-state index contributed by atoms with van der Waals surface area (Å²) < 4.78 is 0. The zero-order valence-electron chi connectivity index (χ0n) is 9.32. The van der Waals surface area contributed by atoms with Crippen molar-refractivity contribution in [1.29, 1.82) is 0 Å². The van der Waals surface area contributed by atoms with Crippen molar-refractivity contribution in [3.05, 3.63) is 24.2 Å². The van der Waals surface area contributed by atoms with Crippen molar-refractivity contribution in [2.45, 2.75) is 20.8 Å². The first-order valence-electron chi connectivity index (χ1n) is 4.65. The molecule has 1 amide bonds. The molecule has 14 heavy (non-hydrogen) atoms. The molecule has 0 saturated heterocycles. The van der Waals surface area contributed by atoms with E-state index in [9.17, 15) is 9.82 Å². The second-order valence-corrected chi connectivity index (χ2v) is 3.62. The van der Waals surface area contributed by atoms with E-state index >= 15 is 0 Å². The van der Waals surface area contributed by atoms with Crippen LogP contribution in [0.3, 0.4) is 0 Å². The maximum absolute atomic E-state index is 11.5. The fourth-order valence-corrected chi connectivity index (χ4v) is 1.11. The first-order chi connectivity index (χ1) is 6.41. The molecule has 0 aromatic carbocycles. The third kappa shape index (κ3) is 3.38. The Morgan fingerprint density at radius 1 is 1.57 bits per heavy atom. The zero-order chi connectivity index (χ0) is 11.3. The molecule has 4 heteroatoms. The highest BCUT2D eigenvalue weighted by Gasteiger charge is 2.25. The SMILES string of the molecule is C=C/C=C(\C)B(O)N(C)C(=O)C(C)C. The topological polar surface area (TPSA) is 40.5 Å². The molecule has 0 fully saturated rings. The van der Waals surface area contributed by atoms with Crippen molar-refractivity contribution in [2.75, 3.05) is 7.05 Å². The number of amides is 1. The normalized spacial score (nSPS) is 11.4. The molecule has 0 aliphatic rings. The number of carbonyl (C=O) groups excluding carboxylic acids is 1. The highest BCUT2D eigenvalue weighted by Crippen LogP contribution is 2.06. The average molecular weight is 195 g/mol. The van der Waals surface area contributed by atoms with Crippen LogP contribution in [-0.2, 0) is 4.79 Å². The molecule has 1 N–H and O–H groups in total. The molecule has 0 bridgehead atoms. The molecule has 0 aromatic heterocycles. The van der Waals surface area contributed by atoms with Crippen LogP contribution in [0.1, 0.15) is 20.8 Å². The highest BCUT2D eigenvalue weighted by molar-refractivity contribution is 6.58. The van der Waals surface area contributed by atoms with E-state index in [2.05, 4.69) is 6.58 Å². The second-order valence-electron chi connectivity index (χ2n) is 3.62. The van der Waals surface area contributed by atoms with Crippen LogP contribution in [0, 0.1) is 5.92 Å². The summed E-state index contributed by atoms with van der Waals surface area (Å²) >= 11 is 0. The first kappa shape index (κ1) is 13.0. The maximum Gasteiger partial charge on any atom is 0.446 e. The number of carbonyl (C=O) groups is 1. The van der Waals surface area contributed by atoms with Crippen LogP contribution in [0.5, 0.6) is 0 Å². The Kier molecular flexibility index (Phi) is 5.24. The number of hydrogen-bond acceptors (Lipinski definition) is 2. The van der Waals surface area contributed by atoms with Gasteiger partial charge in [0.25, 0.3) is 0 Å². The van der Waals surface area contributed by atoms with Gasteiger partial charge >= 0.3 is 7.05 Å². The van der Waals surface area contributed by atoms with Gasteiger partial charge in [0, 0.05) is 5.92 Å². The minimum Gasteiger partial charge on any atom is -0.429 e. The fourth-order valence-electron chi connectivity index (χ4n) is 1.11.